The summed E-state index contributed by atoms with van der Waals surface area (Å²) < 4.78 is 13.6. The molecule has 1 N–H and O–H groups in total. The third kappa shape index (κ3) is 5.56. The van der Waals surface area contributed by atoms with Crippen molar-refractivity contribution in [2.75, 3.05) is 10.2 Å². The number of carbonyl (C=O) groups is 1. The highest BCUT2D eigenvalue weighted by molar-refractivity contribution is 6.11. The van der Waals surface area contributed by atoms with Gasteiger partial charge in [0.15, 0.2) is 0 Å². The van der Waals surface area contributed by atoms with Gasteiger partial charge < -0.3 is 5.32 Å². The van der Waals surface area contributed by atoms with Crippen molar-refractivity contribution in [3.8, 4) is 0 Å². The molecule has 3 aromatic carbocycles. The summed E-state index contributed by atoms with van der Waals surface area (Å²) in [6.45, 7) is 4.37. The summed E-state index contributed by atoms with van der Waals surface area (Å²) >= 11 is 0. The number of anilines is 2. The van der Waals surface area contributed by atoms with Crippen LogP contribution in [0.4, 0.5) is 15.8 Å². The van der Waals surface area contributed by atoms with E-state index in [1.54, 1.807) is 17.0 Å². The monoisotopic (exact) mass is 456 g/mol. The zero-order valence-electron chi connectivity index (χ0n) is 20.1. The Bertz CT molecular complexity index is 1120. The maximum Gasteiger partial charge on any atom is 0.275 e. The van der Waals surface area contributed by atoms with Crippen molar-refractivity contribution in [3.05, 3.63) is 107 Å². The molecule has 1 amide bonds. The van der Waals surface area contributed by atoms with Gasteiger partial charge in [0.25, 0.3) is 5.91 Å². The fourth-order valence-electron chi connectivity index (χ4n) is 4.33. The van der Waals surface area contributed by atoms with Gasteiger partial charge in [-0.3, -0.25) is 9.69 Å². The molecule has 1 aliphatic rings. The molecule has 0 saturated heterocycles. The summed E-state index contributed by atoms with van der Waals surface area (Å²) in [5.74, 6) is -0.379. The van der Waals surface area contributed by atoms with Gasteiger partial charge in [-0.05, 0) is 84.8 Å². The zero-order chi connectivity index (χ0) is 23.9. The molecule has 0 bridgehead atoms. The summed E-state index contributed by atoms with van der Waals surface area (Å²) in [4.78, 5) is 15.3. The minimum atomic E-state index is -0.305. The molecule has 34 heavy (non-hydrogen) atoms. The molecule has 0 aliphatic carbocycles. The molecular weight excluding hydrogens is 423 g/mol. The SMILES string of the molecule is CCCCc1ccc(NC2=C[C@H](c3ccc(F)cc3)N(c3ccc(CCCC)cc3)C2=O)cc1. The second-order valence-electron chi connectivity index (χ2n) is 8.95. The fourth-order valence-corrected chi connectivity index (χ4v) is 4.33. The minimum absolute atomic E-state index is 0.0920. The largest absolute Gasteiger partial charge is 0.351 e. The number of unbranched alkanes of at least 4 members (excludes halogenated alkanes) is 2. The van der Waals surface area contributed by atoms with Gasteiger partial charge in [-0.2, -0.15) is 0 Å². The van der Waals surface area contributed by atoms with Crippen LogP contribution in [0.15, 0.2) is 84.6 Å². The Hall–Kier alpha value is -3.40. The number of nitrogens with one attached hydrogen (secondary N) is 1. The van der Waals surface area contributed by atoms with Crippen molar-refractivity contribution in [1.82, 2.24) is 0 Å². The van der Waals surface area contributed by atoms with Gasteiger partial charge in [-0.15, -0.1) is 0 Å². The van der Waals surface area contributed by atoms with Crippen LogP contribution in [0.1, 0.15) is 62.3 Å². The molecule has 0 spiro atoms. The first kappa shape index (κ1) is 23.7. The third-order valence-corrected chi connectivity index (χ3v) is 6.35. The second-order valence-corrected chi connectivity index (χ2v) is 8.95. The lowest BCUT2D eigenvalue weighted by Crippen LogP contribution is -2.30. The Labute approximate surface area is 202 Å². The zero-order valence-corrected chi connectivity index (χ0v) is 20.1. The van der Waals surface area contributed by atoms with Crippen molar-refractivity contribution < 1.29 is 9.18 Å². The molecule has 3 nitrogen and oxygen atoms in total. The third-order valence-electron chi connectivity index (χ3n) is 6.35. The lowest BCUT2D eigenvalue weighted by molar-refractivity contribution is -0.114. The fraction of sp³-hybridized carbons (Fsp3) is 0.300. The number of benzene rings is 3. The van der Waals surface area contributed by atoms with Crippen LogP contribution >= 0.6 is 0 Å². The normalized spacial score (nSPS) is 15.5. The molecule has 0 aromatic heterocycles. The quantitative estimate of drug-likeness (QED) is 0.341. The average molecular weight is 457 g/mol. The molecular formula is C30H33FN2O. The molecule has 0 radical (unpaired) electrons. The Balaban J connectivity index is 1.59. The van der Waals surface area contributed by atoms with Gasteiger partial charge in [-0.25, -0.2) is 4.39 Å². The first-order valence-electron chi connectivity index (χ1n) is 12.3. The number of hydrogen-bond acceptors (Lipinski definition) is 2. The summed E-state index contributed by atoms with van der Waals surface area (Å²) in [7, 11) is 0. The maximum absolute atomic E-state index is 13.6. The van der Waals surface area contributed by atoms with Gasteiger partial charge in [0.2, 0.25) is 0 Å². The number of amides is 1. The van der Waals surface area contributed by atoms with Crippen LogP contribution in [0.25, 0.3) is 0 Å². The van der Waals surface area contributed by atoms with Crippen LogP contribution in [-0.2, 0) is 17.6 Å². The van der Waals surface area contributed by atoms with Gasteiger partial charge in [0.1, 0.15) is 11.5 Å². The van der Waals surface area contributed by atoms with Crippen molar-refractivity contribution in [1.29, 1.82) is 0 Å². The lowest BCUT2D eigenvalue weighted by atomic mass is 10.0. The maximum atomic E-state index is 13.6. The Kier molecular flexibility index (Phi) is 7.79. The number of aryl methyl sites for hydroxylation is 2. The van der Waals surface area contributed by atoms with E-state index in [-0.39, 0.29) is 17.8 Å². The second kappa shape index (κ2) is 11.1. The topological polar surface area (TPSA) is 32.3 Å². The predicted molar refractivity (Wildman–Crippen MR) is 138 cm³/mol. The summed E-state index contributed by atoms with van der Waals surface area (Å²) in [6, 6.07) is 22.6. The highest BCUT2D eigenvalue weighted by Crippen LogP contribution is 2.36. The summed E-state index contributed by atoms with van der Waals surface area (Å²) in [5, 5.41) is 3.32. The average Bonchev–Trinajstić information content (AvgIpc) is 3.18. The number of nitrogens with zero attached hydrogens (tertiary/aromatic N) is 1. The number of halogens is 1. The van der Waals surface area contributed by atoms with E-state index in [1.165, 1.54) is 36.1 Å². The Morgan fingerprint density at radius 1 is 0.794 bits per heavy atom. The van der Waals surface area contributed by atoms with Crippen molar-refractivity contribution in [2.45, 2.75) is 58.4 Å². The number of hydrogen-bond donors (Lipinski definition) is 1. The van der Waals surface area contributed by atoms with Gasteiger partial charge in [-0.1, -0.05) is 63.1 Å². The van der Waals surface area contributed by atoms with E-state index in [9.17, 15) is 9.18 Å². The molecule has 1 heterocycles. The molecule has 1 atom stereocenters. The van der Waals surface area contributed by atoms with Crippen molar-refractivity contribution in [2.24, 2.45) is 0 Å². The van der Waals surface area contributed by atoms with E-state index in [0.717, 1.165) is 42.6 Å². The van der Waals surface area contributed by atoms with Crippen LogP contribution in [0.5, 0.6) is 0 Å². The summed E-state index contributed by atoms with van der Waals surface area (Å²) in [5.41, 5.74) is 5.69. The highest BCUT2D eigenvalue weighted by Gasteiger charge is 2.34. The Morgan fingerprint density at radius 2 is 1.35 bits per heavy atom. The van der Waals surface area contributed by atoms with Crippen molar-refractivity contribution >= 4 is 17.3 Å². The molecule has 176 valence electrons. The lowest BCUT2D eigenvalue weighted by Gasteiger charge is -2.25. The van der Waals surface area contributed by atoms with Crippen LogP contribution in [0.3, 0.4) is 0 Å². The Morgan fingerprint density at radius 3 is 1.91 bits per heavy atom. The molecule has 4 heteroatoms. The molecule has 1 aliphatic heterocycles. The molecule has 3 aromatic rings. The smallest absolute Gasteiger partial charge is 0.275 e. The van der Waals surface area contributed by atoms with Gasteiger partial charge >= 0.3 is 0 Å². The first-order chi connectivity index (χ1) is 16.6. The number of rotatable bonds is 10. The van der Waals surface area contributed by atoms with Crippen LogP contribution < -0.4 is 10.2 Å². The van der Waals surface area contributed by atoms with Gasteiger partial charge in [0, 0.05) is 11.4 Å². The van der Waals surface area contributed by atoms with E-state index >= 15 is 0 Å². The van der Waals surface area contributed by atoms with E-state index < -0.39 is 0 Å². The minimum Gasteiger partial charge on any atom is -0.351 e. The standard InChI is InChI=1S/C30H33FN2O/c1-3-5-7-22-9-17-26(18-10-22)32-28-21-29(24-13-15-25(31)16-14-24)33(30(28)34)27-19-11-23(12-20-27)8-6-4-2/h9-21,29,32H,3-8H2,1-2H3/t29-/m1/s1. The van der Waals surface area contributed by atoms with E-state index in [2.05, 4.69) is 43.4 Å². The number of carbonyl (C=O) groups excluding carboxylic acids is 1. The van der Waals surface area contributed by atoms with Crippen LogP contribution in [-0.4, -0.2) is 5.91 Å². The van der Waals surface area contributed by atoms with E-state index in [4.69, 9.17) is 0 Å². The van der Waals surface area contributed by atoms with Crippen molar-refractivity contribution in [3.63, 3.8) is 0 Å². The predicted octanol–water partition coefficient (Wildman–Crippen LogP) is 7.59. The van der Waals surface area contributed by atoms with Crippen LogP contribution in [0, 0.1) is 5.82 Å². The first-order valence-corrected chi connectivity index (χ1v) is 12.3. The summed E-state index contributed by atoms with van der Waals surface area (Å²) in [6.07, 6.45) is 8.66. The van der Waals surface area contributed by atoms with Gasteiger partial charge in [0.05, 0.1) is 6.04 Å². The highest BCUT2D eigenvalue weighted by atomic mass is 19.1. The van der Waals surface area contributed by atoms with E-state index in [1.807, 2.05) is 30.3 Å². The molecule has 0 fully saturated rings. The van der Waals surface area contributed by atoms with Crippen LogP contribution in [0.2, 0.25) is 0 Å². The van der Waals surface area contributed by atoms with E-state index in [0.29, 0.717) is 5.70 Å². The molecule has 0 unspecified atom stereocenters. The molecule has 4 rings (SSSR count). The molecule has 0 saturated carbocycles.